The van der Waals surface area contributed by atoms with E-state index in [1.165, 1.54) is 59.4 Å². The van der Waals surface area contributed by atoms with Gasteiger partial charge in [-0.3, -0.25) is 0 Å². The van der Waals surface area contributed by atoms with Crippen LogP contribution in [-0.2, 0) is 0 Å². The van der Waals surface area contributed by atoms with Crippen molar-refractivity contribution in [3.05, 3.63) is 36.4 Å². The van der Waals surface area contributed by atoms with E-state index in [-0.39, 0.29) is 0 Å². The topological polar surface area (TPSA) is 18.5 Å². The molecule has 0 spiro atoms. The molecule has 3 rings (SSSR count). The molecule has 0 saturated heterocycles. The third-order valence-electron chi connectivity index (χ3n) is 6.81. The molecule has 2 heterocycles. The van der Waals surface area contributed by atoms with Crippen molar-refractivity contribution in [1.29, 1.82) is 0 Å². The van der Waals surface area contributed by atoms with E-state index in [2.05, 4.69) is 79.9 Å². The van der Waals surface area contributed by atoms with Crippen LogP contribution in [0.2, 0.25) is 29.6 Å². The Kier molecular flexibility index (Phi) is 12.9. The predicted octanol–water partition coefficient (Wildman–Crippen LogP) is 10.2. The van der Waals surface area contributed by atoms with E-state index in [0.717, 1.165) is 37.6 Å². The van der Waals surface area contributed by atoms with Gasteiger partial charge in [0.1, 0.15) is 0 Å². The maximum atomic E-state index is 6.57. The molecule has 6 heteroatoms. The molecular formula is C32H50O2S2Sn2. The molecule has 1 aromatic carbocycles. The predicted molar refractivity (Wildman–Crippen MR) is 178 cm³/mol. The second-order valence-corrected chi connectivity index (χ2v) is 45.5. The van der Waals surface area contributed by atoms with Crippen LogP contribution in [0, 0.1) is 0 Å². The van der Waals surface area contributed by atoms with Crippen molar-refractivity contribution in [3.63, 3.8) is 0 Å². The zero-order valence-electron chi connectivity index (χ0n) is 25.2. The van der Waals surface area contributed by atoms with Crippen LogP contribution >= 0.6 is 22.7 Å². The maximum absolute atomic E-state index is 6.57. The molecule has 3 aromatic rings. The monoisotopic (exact) mass is 770 g/mol. The third kappa shape index (κ3) is 9.44. The summed E-state index contributed by atoms with van der Waals surface area (Å²) in [5, 5.41) is 0. The van der Waals surface area contributed by atoms with Crippen LogP contribution in [0.15, 0.2) is 36.4 Å². The summed E-state index contributed by atoms with van der Waals surface area (Å²) in [6.07, 6.45) is 9.71. The molecule has 2 nitrogen and oxygen atoms in total. The second kappa shape index (κ2) is 15.2. The van der Waals surface area contributed by atoms with Gasteiger partial charge in [-0.1, -0.05) is 0 Å². The molecule has 0 atom stereocenters. The molecule has 38 heavy (non-hydrogen) atoms. The summed E-state index contributed by atoms with van der Waals surface area (Å²) in [4.78, 5) is 17.6. The summed E-state index contributed by atoms with van der Waals surface area (Å²) in [6.45, 7) is 6.07. The van der Waals surface area contributed by atoms with E-state index < -0.39 is 36.8 Å². The SMILES string of the molecule is CCCCCCOc1cc(-c2cc[c]([Sn]([CH3])([CH3])[CH3])s2)c(OCCCCCC)cc1-c1cc[c]([Sn]([CH3])([CH3])[CH3])s1. The standard InChI is InChI=1S/C26H32O2S2.6CH3.2Sn/c1-3-5-7-9-15-27-23-19-22(26-14-12-18-30-26)24(28-16-10-8-6-4-2)20-21(23)25-13-11-17-29-25;;;;;;;;/h11-14,19-20H,3-10,15-16H2,1-2H3;6*1H3;;. The fourth-order valence-electron chi connectivity index (χ4n) is 4.38. The van der Waals surface area contributed by atoms with E-state index in [1.807, 2.05) is 22.7 Å². The van der Waals surface area contributed by atoms with Crippen LogP contribution in [0.4, 0.5) is 0 Å². The van der Waals surface area contributed by atoms with Crippen molar-refractivity contribution in [3.8, 4) is 32.4 Å². The van der Waals surface area contributed by atoms with Gasteiger partial charge in [-0.2, -0.15) is 0 Å². The van der Waals surface area contributed by atoms with Gasteiger partial charge in [0, 0.05) is 0 Å². The summed E-state index contributed by atoms with van der Waals surface area (Å²) in [7, 11) is 0. The summed E-state index contributed by atoms with van der Waals surface area (Å²) in [5.41, 5.74) is 2.40. The summed E-state index contributed by atoms with van der Waals surface area (Å²) in [6, 6.07) is 14.0. The molecule has 0 radical (unpaired) electrons. The Balaban J connectivity index is 2.04. The zero-order valence-corrected chi connectivity index (χ0v) is 32.5. The van der Waals surface area contributed by atoms with Gasteiger partial charge in [0.25, 0.3) is 0 Å². The third-order valence-corrected chi connectivity index (χ3v) is 28.0. The number of rotatable bonds is 16. The van der Waals surface area contributed by atoms with Crippen molar-refractivity contribution in [2.45, 2.75) is 94.9 Å². The summed E-state index contributed by atoms with van der Waals surface area (Å²) >= 11 is -0.344. The van der Waals surface area contributed by atoms with Crippen LogP contribution in [0.25, 0.3) is 20.9 Å². The normalized spacial score (nSPS) is 12.2. The molecular weight excluding hydrogens is 718 g/mol. The fourth-order valence-corrected chi connectivity index (χ4v) is 17.0. The first-order valence-corrected chi connectivity index (χ1v) is 36.3. The Labute approximate surface area is 249 Å². The van der Waals surface area contributed by atoms with Gasteiger partial charge in [0.2, 0.25) is 0 Å². The van der Waals surface area contributed by atoms with Crippen molar-refractivity contribution in [1.82, 2.24) is 0 Å². The van der Waals surface area contributed by atoms with Crippen LogP contribution in [0.5, 0.6) is 11.5 Å². The van der Waals surface area contributed by atoms with Crippen molar-refractivity contribution in [2.24, 2.45) is 0 Å². The number of hydrogen-bond donors (Lipinski definition) is 0. The number of benzene rings is 1. The minimum absolute atomic E-state index is 0.772. The average molecular weight is 768 g/mol. The molecule has 2 aromatic heterocycles. The minimum atomic E-state index is -2.15. The van der Waals surface area contributed by atoms with Crippen LogP contribution < -0.4 is 15.3 Å². The van der Waals surface area contributed by atoms with Gasteiger partial charge < -0.3 is 0 Å². The van der Waals surface area contributed by atoms with Crippen molar-refractivity contribution < 1.29 is 9.47 Å². The Morgan fingerprint density at radius 1 is 0.553 bits per heavy atom. The summed E-state index contributed by atoms with van der Waals surface area (Å²) in [5.74, 6) is 2.03. The Bertz CT molecular complexity index is 1050. The number of ether oxygens (including phenoxy) is 2. The molecule has 0 N–H and O–H groups in total. The van der Waals surface area contributed by atoms with Gasteiger partial charge in [-0.15, -0.1) is 0 Å². The van der Waals surface area contributed by atoms with Crippen LogP contribution in [0.3, 0.4) is 0 Å². The number of hydrogen-bond acceptors (Lipinski definition) is 4. The van der Waals surface area contributed by atoms with Gasteiger partial charge >= 0.3 is 252 Å². The molecule has 0 aliphatic heterocycles. The van der Waals surface area contributed by atoms with E-state index in [1.54, 1.807) is 5.79 Å². The average Bonchev–Trinajstić information content (AvgIpc) is 3.54. The number of unbranched alkanes of at least 4 members (excludes halogenated alkanes) is 6. The molecule has 0 bridgehead atoms. The van der Waals surface area contributed by atoms with Crippen LogP contribution in [-0.4, -0.2) is 50.0 Å². The first-order valence-electron chi connectivity index (χ1n) is 14.7. The second-order valence-electron chi connectivity index (χ2n) is 12.5. The molecule has 0 aliphatic carbocycles. The fraction of sp³-hybridized carbons (Fsp3) is 0.562. The zero-order chi connectivity index (χ0) is 27.8. The molecule has 210 valence electrons. The van der Waals surface area contributed by atoms with Gasteiger partial charge in [0.15, 0.2) is 0 Å². The van der Waals surface area contributed by atoms with Crippen molar-refractivity contribution in [2.75, 3.05) is 13.2 Å². The Hall–Kier alpha value is -0.183. The van der Waals surface area contributed by atoms with Gasteiger partial charge in [0.05, 0.1) is 0 Å². The van der Waals surface area contributed by atoms with E-state index in [9.17, 15) is 0 Å². The summed E-state index contributed by atoms with van der Waals surface area (Å²) < 4.78 is 16.3. The first-order chi connectivity index (χ1) is 18.0. The molecule has 0 fully saturated rings. The van der Waals surface area contributed by atoms with Crippen LogP contribution in [0.1, 0.15) is 65.2 Å². The molecule has 0 aliphatic rings. The Morgan fingerprint density at radius 3 is 1.26 bits per heavy atom. The van der Waals surface area contributed by atoms with E-state index in [0.29, 0.717) is 0 Å². The van der Waals surface area contributed by atoms with E-state index in [4.69, 9.17) is 9.47 Å². The molecule has 0 unspecified atom stereocenters. The number of thiophene rings is 2. The first kappa shape index (κ1) is 32.3. The van der Waals surface area contributed by atoms with Gasteiger partial charge in [-0.05, 0) is 0 Å². The van der Waals surface area contributed by atoms with Crippen molar-refractivity contribution >= 4 is 65.2 Å². The van der Waals surface area contributed by atoms with E-state index >= 15 is 0 Å². The molecule has 0 amide bonds. The van der Waals surface area contributed by atoms with Gasteiger partial charge in [-0.25, -0.2) is 0 Å². The Morgan fingerprint density at radius 2 is 0.947 bits per heavy atom. The molecule has 0 saturated carbocycles. The quantitative estimate of drug-likeness (QED) is 0.107.